The van der Waals surface area contributed by atoms with Crippen molar-refractivity contribution in [3.63, 3.8) is 0 Å². The van der Waals surface area contributed by atoms with Gasteiger partial charge in [0.1, 0.15) is 0 Å². The summed E-state index contributed by atoms with van der Waals surface area (Å²) in [6, 6.07) is 17.4. The summed E-state index contributed by atoms with van der Waals surface area (Å²) in [5, 5.41) is 6.18. The van der Waals surface area contributed by atoms with Crippen LogP contribution in [0.5, 0.6) is 0 Å². The Balaban J connectivity index is 1.22. The molecule has 9 aromatic carbocycles. The molecule has 1 heterocycles. The maximum atomic E-state index is 9.25. The average molecular weight is 705 g/mol. The molecule has 0 aliphatic heterocycles. The second kappa shape index (κ2) is 13.4. The highest BCUT2D eigenvalue weighted by Crippen LogP contribution is 2.40. The lowest BCUT2D eigenvalue weighted by molar-refractivity contribution is 1.18. The fraction of sp³-hybridized carbons (Fsp3) is 0. The predicted molar refractivity (Wildman–Crippen MR) is 227 cm³/mol. The zero-order valence-electron chi connectivity index (χ0n) is 46.1. The van der Waals surface area contributed by atoms with E-state index in [1.807, 2.05) is 48.5 Å². The third-order valence-electron chi connectivity index (χ3n) is 9.19. The summed E-state index contributed by atoms with van der Waals surface area (Å²) in [5.74, 6) is -0.110. The van der Waals surface area contributed by atoms with Crippen molar-refractivity contribution in [2.45, 2.75) is 0 Å². The first kappa shape index (κ1) is 18.1. The van der Waals surface area contributed by atoms with Gasteiger partial charge in [0.05, 0.1) is 36.1 Å². The Hall–Kier alpha value is -7.16. The molecule has 0 saturated heterocycles. The van der Waals surface area contributed by atoms with E-state index >= 15 is 0 Å². The lowest BCUT2D eigenvalue weighted by atomic mass is 9.89. The molecule has 0 amide bonds. The highest BCUT2D eigenvalue weighted by molar-refractivity contribution is 6.20. The van der Waals surface area contributed by atoms with Crippen molar-refractivity contribution < 1.29 is 24.7 Å². The number of fused-ring (bicyclic) bond motifs is 4. The van der Waals surface area contributed by atoms with E-state index in [-0.39, 0.29) is 17.2 Å². The summed E-state index contributed by atoms with van der Waals surface area (Å²) in [6.07, 6.45) is 0. The van der Waals surface area contributed by atoms with Crippen molar-refractivity contribution in [1.29, 1.82) is 0 Å². The first-order chi connectivity index (χ1) is 34.2. The molecule has 10 rings (SSSR count). The van der Waals surface area contributed by atoms with Crippen LogP contribution in [0.4, 0.5) is 0 Å². The van der Waals surface area contributed by atoms with Crippen LogP contribution in [0.25, 0.3) is 99.6 Å². The fourth-order valence-electron chi connectivity index (χ4n) is 6.63. The van der Waals surface area contributed by atoms with E-state index in [1.165, 1.54) is 0 Å². The van der Waals surface area contributed by atoms with E-state index in [0.717, 1.165) is 49.5 Å². The predicted octanol–water partition coefficient (Wildman–Crippen LogP) is 13.9. The zero-order chi connectivity index (χ0) is 51.5. The van der Waals surface area contributed by atoms with Gasteiger partial charge in [0, 0.05) is 16.7 Å². The second-order valence-electron chi connectivity index (χ2n) is 12.4. The van der Waals surface area contributed by atoms with Crippen LogP contribution in [0.3, 0.4) is 0 Å². The smallest absolute Gasteiger partial charge is 0.160 e. The molecule has 0 radical (unpaired) electrons. The molecule has 0 unspecified atom stereocenters. The first-order valence-corrected chi connectivity index (χ1v) is 16.9. The Bertz CT molecular complexity index is 3750. The van der Waals surface area contributed by atoms with Gasteiger partial charge in [-0.25, -0.2) is 9.97 Å². The van der Waals surface area contributed by atoms with Crippen molar-refractivity contribution in [2.75, 3.05) is 0 Å². The highest BCUT2D eigenvalue weighted by atomic mass is 14.9. The monoisotopic (exact) mass is 704 g/mol. The molecular formula is C52H34N2. The molecular weight excluding hydrogens is 653 g/mol. The summed E-state index contributed by atoms with van der Waals surface area (Å²) in [6.45, 7) is 0. The van der Waals surface area contributed by atoms with Gasteiger partial charge in [0.15, 0.2) is 5.82 Å². The number of nitrogens with zero attached hydrogens (tertiary/aromatic N) is 2. The van der Waals surface area contributed by atoms with Gasteiger partial charge >= 0.3 is 0 Å². The molecule has 0 aliphatic rings. The molecule has 2 heteroatoms. The molecule has 0 saturated carbocycles. The van der Waals surface area contributed by atoms with Crippen LogP contribution in [0, 0.1) is 0 Å². The van der Waals surface area contributed by atoms with Crippen LogP contribution in [-0.4, -0.2) is 9.97 Å². The summed E-state index contributed by atoms with van der Waals surface area (Å²) in [4.78, 5) is 9.47. The molecule has 2 nitrogen and oxygen atoms in total. The Labute approximate surface area is 340 Å². The summed E-state index contributed by atoms with van der Waals surface area (Å²) < 4.78 is 157. The van der Waals surface area contributed by atoms with Gasteiger partial charge in [-0.3, -0.25) is 0 Å². The number of aromatic nitrogens is 2. The number of benzene rings is 9. The lowest BCUT2D eigenvalue weighted by Gasteiger charge is -2.15. The second-order valence-corrected chi connectivity index (χ2v) is 12.4. The third kappa shape index (κ3) is 5.81. The van der Waals surface area contributed by atoms with E-state index in [4.69, 9.17) is 29.2 Å². The summed E-state index contributed by atoms with van der Waals surface area (Å²) in [7, 11) is 0. The van der Waals surface area contributed by atoms with Crippen molar-refractivity contribution in [3.8, 4) is 67.3 Å². The van der Waals surface area contributed by atoms with Gasteiger partial charge in [-0.2, -0.15) is 0 Å². The standard InChI is InChI=1S/C52H34N2/c1-3-11-35(12-4-1)37-19-23-40(24-20-37)49-34-50(41-25-21-38(22-26-41)36-13-5-2-6-14-36)54-52(53-49)43-29-27-42(28-30-43)51-46-18-10-8-16-44(46)33-48-45-17-9-7-15-39(45)31-32-47(48)51/h1-34H/i1D,2D,3D,4D,5D,6D,11D,12D,13D,14D,19D,20D,21D,22D,23D,24D,25D,26D. The topological polar surface area (TPSA) is 25.8 Å². The van der Waals surface area contributed by atoms with Crippen LogP contribution in [0.15, 0.2) is 206 Å². The van der Waals surface area contributed by atoms with E-state index in [2.05, 4.69) is 30.3 Å². The fourth-order valence-corrected chi connectivity index (χ4v) is 6.63. The number of rotatable bonds is 6. The maximum Gasteiger partial charge on any atom is 0.160 e. The van der Waals surface area contributed by atoms with Crippen LogP contribution in [0.2, 0.25) is 0 Å². The van der Waals surface area contributed by atoms with Gasteiger partial charge in [0.25, 0.3) is 0 Å². The summed E-state index contributed by atoms with van der Waals surface area (Å²) in [5.41, 5.74) is -1.53. The Kier molecular flexibility index (Phi) is 4.49. The van der Waals surface area contributed by atoms with Crippen LogP contribution >= 0.6 is 0 Å². The van der Waals surface area contributed by atoms with Gasteiger partial charge in [0.2, 0.25) is 0 Å². The molecule has 1 aromatic heterocycles. The Morgan fingerprint density at radius 1 is 0.315 bits per heavy atom. The Morgan fingerprint density at radius 3 is 1.39 bits per heavy atom. The SMILES string of the molecule is [2H]c1c([2H])c([2H])c(-c2c([2H])c([2H])c(-c3cc(-c4c([2H])c([2H])c(-c5c([2H])c([2H])c([2H])c([2H])c5[2H])c([2H])c4[2H])nc(-c4ccc(-c5c6ccccc6cc6c5ccc5ccccc56)cc4)n3)c([2H])c2[2H])c([2H])c1[2H]. The van der Waals surface area contributed by atoms with E-state index in [1.54, 1.807) is 12.1 Å². The van der Waals surface area contributed by atoms with Crippen LogP contribution in [-0.2, 0) is 0 Å². The molecule has 10 aromatic rings. The number of hydrogen-bond acceptors (Lipinski definition) is 2. The van der Waals surface area contributed by atoms with Crippen LogP contribution in [0.1, 0.15) is 24.7 Å². The van der Waals surface area contributed by atoms with E-state index in [9.17, 15) is 5.48 Å². The van der Waals surface area contributed by atoms with Gasteiger partial charge in [-0.1, -0.05) is 194 Å². The van der Waals surface area contributed by atoms with Gasteiger partial charge in [-0.15, -0.1) is 0 Å². The average Bonchev–Trinajstić information content (AvgIpc) is 3.38. The highest BCUT2D eigenvalue weighted by Gasteiger charge is 2.15. The largest absolute Gasteiger partial charge is 0.228 e. The van der Waals surface area contributed by atoms with Crippen molar-refractivity contribution >= 4 is 32.3 Å². The van der Waals surface area contributed by atoms with Crippen molar-refractivity contribution in [1.82, 2.24) is 9.97 Å². The van der Waals surface area contributed by atoms with Gasteiger partial charge < -0.3 is 0 Å². The molecule has 0 bridgehead atoms. The number of hydrogen-bond donors (Lipinski definition) is 0. The van der Waals surface area contributed by atoms with Crippen molar-refractivity contribution in [2.24, 2.45) is 0 Å². The normalized spacial score (nSPS) is 16.0. The minimum absolute atomic E-state index is 0.110. The Morgan fingerprint density at radius 2 is 0.796 bits per heavy atom. The van der Waals surface area contributed by atoms with Crippen molar-refractivity contribution in [3.05, 3.63) is 206 Å². The van der Waals surface area contributed by atoms with Gasteiger partial charge in [-0.05, 0) is 77.8 Å². The molecule has 252 valence electrons. The minimum Gasteiger partial charge on any atom is -0.228 e. The molecule has 0 atom stereocenters. The lowest BCUT2D eigenvalue weighted by Crippen LogP contribution is -1.96. The van der Waals surface area contributed by atoms with E-state index < -0.39 is 142 Å². The minimum atomic E-state index is -0.766. The maximum absolute atomic E-state index is 9.25. The summed E-state index contributed by atoms with van der Waals surface area (Å²) >= 11 is 0. The molecule has 0 aliphatic carbocycles. The molecule has 54 heavy (non-hydrogen) atoms. The van der Waals surface area contributed by atoms with Crippen LogP contribution < -0.4 is 0 Å². The first-order valence-electron chi connectivity index (χ1n) is 25.9. The molecule has 0 spiro atoms. The van der Waals surface area contributed by atoms with E-state index in [0.29, 0.717) is 5.56 Å². The molecule has 0 N–H and O–H groups in total. The zero-order valence-corrected chi connectivity index (χ0v) is 28.1. The molecule has 0 fully saturated rings. The third-order valence-corrected chi connectivity index (χ3v) is 9.19. The quantitative estimate of drug-likeness (QED) is 0.127.